The Morgan fingerprint density at radius 2 is 1.81 bits per heavy atom. The summed E-state index contributed by atoms with van der Waals surface area (Å²) < 4.78 is 10.8. The third-order valence-corrected chi connectivity index (χ3v) is 5.54. The summed E-state index contributed by atoms with van der Waals surface area (Å²) in [6.07, 6.45) is 1.63. The molecule has 0 saturated carbocycles. The number of aromatic nitrogens is 1. The molecule has 1 aliphatic rings. The van der Waals surface area contributed by atoms with Crippen LogP contribution in [-0.2, 0) is 4.74 Å². The molecule has 31 heavy (non-hydrogen) atoms. The zero-order valence-corrected chi connectivity index (χ0v) is 17.7. The van der Waals surface area contributed by atoms with Gasteiger partial charge >= 0.3 is 0 Å². The lowest BCUT2D eigenvalue weighted by Gasteiger charge is -2.35. The van der Waals surface area contributed by atoms with Crippen molar-refractivity contribution in [1.82, 2.24) is 15.2 Å². The second-order valence-electron chi connectivity index (χ2n) is 7.45. The minimum Gasteiger partial charge on any atom is -0.497 e. The van der Waals surface area contributed by atoms with Gasteiger partial charge in [-0.05, 0) is 29.8 Å². The Hall–Kier alpha value is -3.22. The first kappa shape index (κ1) is 21.0. The number of benzene rings is 2. The van der Waals surface area contributed by atoms with E-state index in [1.807, 2.05) is 54.6 Å². The summed E-state index contributed by atoms with van der Waals surface area (Å²) in [6, 6.07) is 21.7. The van der Waals surface area contributed by atoms with Crippen LogP contribution in [0.5, 0.6) is 5.75 Å². The number of hydrogen-bond donors (Lipinski definition) is 1. The number of ether oxygens (including phenoxy) is 2. The topological polar surface area (TPSA) is 63.7 Å². The Morgan fingerprint density at radius 1 is 1.06 bits per heavy atom. The summed E-state index contributed by atoms with van der Waals surface area (Å²) in [7, 11) is 1.66. The van der Waals surface area contributed by atoms with Crippen LogP contribution >= 0.6 is 0 Å². The quantitative estimate of drug-likeness (QED) is 0.637. The van der Waals surface area contributed by atoms with Gasteiger partial charge in [0.1, 0.15) is 5.75 Å². The summed E-state index contributed by atoms with van der Waals surface area (Å²) in [5, 5.41) is 3.09. The number of carbonyl (C=O) groups excluding carboxylic acids is 1. The fraction of sp³-hybridized carbons (Fsp3) is 0.280. The lowest BCUT2D eigenvalue weighted by atomic mass is 10.0. The molecule has 1 fully saturated rings. The molecule has 6 nitrogen and oxygen atoms in total. The highest BCUT2D eigenvalue weighted by Crippen LogP contribution is 2.24. The van der Waals surface area contributed by atoms with Crippen LogP contribution in [0.25, 0.3) is 11.3 Å². The van der Waals surface area contributed by atoms with Crippen molar-refractivity contribution in [3.8, 4) is 17.0 Å². The number of amides is 1. The van der Waals surface area contributed by atoms with E-state index in [0.29, 0.717) is 25.3 Å². The number of methoxy groups -OCH3 is 1. The highest BCUT2D eigenvalue weighted by Gasteiger charge is 2.23. The molecular formula is C25H27N3O3. The molecule has 3 aromatic rings. The smallest absolute Gasteiger partial charge is 0.252 e. The van der Waals surface area contributed by atoms with Crippen LogP contribution < -0.4 is 10.1 Å². The molecule has 0 spiro atoms. The highest BCUT2D eigenvalue weighted by molar-refractivity contribution is 5.94. The van der Waals surface area contributed by atoms with Gasteiger partial charge in [-0.15, -0.1) is 0 Å². The molecule has 1 saturated heterocycles. The molecule has 1 N–H and O–H groups in total. The van der Waals surface area contributed by atoms with E-state index in [2.05, 4.69) is 27.3 Å². The van der Waals surface area contributed by atoms with E-state index >= 15 is 0 Å². The van der Waals surface area contributed by atoms with E-state index in [1.54, 1.807) is 13.3 Å². The van der Waals surface area contributed by atoms with Gasteiger partial charge in [0.2, 0.25) is 0 Å². The molecule has 6 heteroatoms. The molecule has 0 bridgehead atoms. The minimum absolute atomic E-state index is 0.0651. The largest absolute Gasteiger partial charge is 0.497 e. The van der Waals surface area contributed by atoms with Crippen molar-refractivity contribution in [3.63, 3.8) is 0 Å². The van der Waals surface area contributed by atoms with Gasteiger partial charge in [-0.3, -0.25) is 14.7 Å². The second kappa shape index (κ2) is 10.2. The lowest BCUT2D eigenvalue weighted by Crippen LogP contribution is -2.43. The predicted molar refractivity (Wildman–Crippen MR) is 120 cm³/mol. The van der Waals surface area contributed by atoms with Gasteiger partial charge in [0.25, 0.3) is 5.91 Å². The third kappa shape index (κ3) is 5.29. The molecule has 4 rings (SSSR count). The van der Waals surface area contributed by atoms with Gasteiger partial charge in [-0.2, -0.15) is 0 Å². The Balaban J connectivity index is 1.45. The normalized spacial score (nSPS) is 15.3. The maximum atomic E-state index is 12.8. The van der Waals surface area contributed by atoms with Crippen molar-refractivity contribution >= 4 is 5.91 Å². The third-order valence-electron chi connectivity index (χ3n) is 5.54. The molecule has 0 radical (unpaired) electrons. The van der Waals surface area contributed by atoms with E-state index in [1.165, 1.54) is 0 Å². The van der Waals surface area contributed by atoms with Crippen molar-refractivity contribution in [3.05, 3.63) is 84.1 Å². The summed E-state index contributed by atoms with van der Waals surface area (Å²) in [5.41, 5.74) is 3.57. The molecule has 2 aromatic carbocycles. The van der Waals surface area contributed by atoms with Gasteiger partial charge < -0.3 is 14.8 Å². The van der Waals surface area contributed by atoms with Crippen molar-refractivity contribution in [2.24, 2.45) is 0 Å². The molecule has 1 aromatic heterocycles. The number of carbonyl (C=O) groups is 1. The Bertz CT molecular complexity index is 969. The van der Waals surface area contributed by atoms with E-state index in [0.717, 1.165) is 35.7 Å². The molecule has 1 atom stereocenters. The van der Waals surface area contributed by atoms with Gasteiger partial charge in [0.15, 0.2) is 0 Å². The number of nitrogens with zero attached hydrogens (tertiary/aromatic N) is 2. The average molecular weight is 418 g/mol. The van der Waals surface area contributed by atoms with Crippen molar-refractivity contribution in [2.75, 3.05) is 40.0 Å². The Labute approximate surface area is 182 Å². The first-order valence-electron chi connectivity index (χ1n) is 10.5. The van der Waals surface area contributed by atoms with Crippen molar-refractivity contribution in [1.29, 1.82) is 0 Å². The first-order chi connectivity index (χ1) is 15.2. The fourth-order valence-electron chi connectivity index (χ4n) is 3.77. The van der Waals surface area contributed by atoms with E-state index in [9.17, 15) is 4.79 Å². The molecule has 0 aliphatic carbocycles. The molecular weight excluding hydrogens is 390 g/mol. The van der Waals surface area contributed by atoms with E-state index < -0.39 is 0 Å². The van der Waals surface area contributed by atoms with E-state index in [-0.39, 0.29) is 11.9 Å². The summed E-state index contributed by atoms with van der Waals surface area (Å²) >= 11 is 0. The zero-order chi connectivity index (χ0) is 21.5. The van der Waals surface area contributed by atoms with Crippen LogP contribution in [0.3, 0.4) is 0 Å². The fourth-order valence-corrected chi connectivity index (χ4v) is 3.77. The van der Waals surface area contributed by atoms with Crippen LogP contribution in [0, 0.1) is 0 Å². The van der Waals surface area contributed by atoms with Gasteiger partial charge in [-0.25, -0.2) is 0 Å². The van der Waals surface area contributed by atoms with Crippen LogP contribution in [0.2, 0.25) is 0 Å². The number of pyridine rings is 1. The zero-order valence-electron chi connectivity index (χ0n) is 17.7. The number of nitrogens with one attached hydrogen (secondary N) is 1. The maximum Gasteiger partial charge on any atom is 0.252 e. The second-order valence-corrected chi connectivity index (χ2v) is 7.45. The Kier molecular flexibility index (Phi) is 6.92. The number of morpholine rings is 1. The highest BCUT2D eigenvalue weighted by atomic mass is 16.5. The minimum atomic E-state index is -0.126. The van der Waals surface area contributed by atoms with Crippen LogP contribution in [0.15, 0.2) is 72.9 Å². The average Bonchev–Trinajstić information content (AvgIpc) is 2.86. The monoisotopic (exact) mass is 417 g/mol. The van der Waals surface area contributed by atoms with E-state index in [4.69, 9.17) is 9.47 Å². The van der Waals surface area contributed by atoms with Crippen LogP contribution in [0.1, 0.15) is 22.0 Å². The standard InChI is InChI=1S/C25H27N3O3/c1-30-22-10-7-20(8-11-22)24(28-13-15-31-16-14-28)18-27-25(29)21-9-12-23(26-17-21)19-5-3-2-4-6-19/h2-12,17,24H,13-16,18H2,1H3,(H,27,29). The molecule has 1 unspecified atom stereocenters. The maximum absolute atomic E-state index is 12.8. The molecule has 2 heterocycles. The van der Waals surface area contributed by atoms with Crippen molar-refractivity contribution < 1.29 is 14.3 Å². The summed E-state index contributed by atoms with van der Waals surface area (Å²) in [4.78, 5) is 19.6. The molecule has 160 valence electrons. The molecule has 1 aliphatic heterocycles. The SMILES string of the molecule is COc1ccc(C(CNC(=O)c2ccc(-c3ccccc3)nc2)N2CCOCC2)cc1. The van der Waals surface area contributed by atoms with Gasteiger partial charge in [0.05, 0.1) is 37.6 Å². The lowest BCUT2D eigenvalue weighted by molar-refractivity contribution is 0.0162. The van der Waals surface area contributed by atoms with Crippen molar-refractivity contribution in [2.45, 2.75) is 6.04 Å². The molecule has 1 amide bonds. The predicted octanol–water partition coefficient (Wildman–Crippen LogP) is 3.56. The van der Waals surface area contributed by atoms with Gasteiger partial charge in [0, 0.05) is 31.4 Å². The number of rotatable bonds is 7. The van der Waals surface area contributed by atoms with Crippen LogP contribution in [0.4, 0.5) is 0 Å². The summed E-state index contributed by atoms with van der Waals surface area (Å²) in [6.45, 7) is 3.57. The van der Waals surface area contributed by atoms with Gasteiger partial charge in [-0.1, -0.05) is 42.5 Å². The van der Waals surface area contributed by atoms with Crippen LogP contribution in [-0.4, -0.2) is 55.7 Å². The first-order valence-corrected chi connectivity index (χ1v) is 10.5. The summed E-state index contributed by atoms with van der Waals surface area (Å²) in [5.74, 6) is 0.692. The number of hydrogen-bond acceptors (Lipinski definition) is 5. The Morgan fingerprint density at radius 3 is 2.45 bits per heavy atom.